The molecule has 0 aromatic carbocycles. The largest absolute Gasteiger partial charge is 0.256 e. The fourth-order valence-electron chi connectivity index (χ4n) is 0.960. The van der Waals surface area contributed by atoms with Gasteiger partial charge in [-0.15, -0.1) is 0 Å². The molecule has 0 radical (unpaired) electrons. The minimum absolute atomic E-state index is 0.468. The van der Waals surface area contributed by atoms with Crippen molar-refractivity contribution < 1.29 is 0 Å². The summed E-state index contributed by atoms with van der Waals surface area (Å²) in [6.07, 6.45) is 4.82. The van der Waals surface area contributed by atoms with E-state index in [4.69, 9.17) is 34.8 Å². The quantitative estimate of drug-likeness (QED) is 0.775. The SMILES string of the molecule is CSCCc1ccc(C(Cl)(Cl)Cl)nc1. The van der Waals surface area contributed by atoms with Gasteiger partial charge in [0.25, 0.3) is 0 Å². The van der Waals surface area contributed by atoms with E-state index in [0.29, 0.717) is 5.69 Å². The van der Waals surface area contributed by atoms with Gasteiger partial charge >= 0.3 is 0 Å². The molecular weight excluding hydrogens is 261 g/mol. The highest BCUT2D eigenvalue weighted by molar-refractivity contribution is 7.98. The lowest BCUT2D eigenvalue weighted by Crippen LogP contribution is -2.03. The van der Waals surface area contributed by atoms with Crippen molar-refractivity contribution in [2.24, 2.45) is 0 Å². The van der Waals surface area contributed by atoms with E-state index in [1.54, 1.807) is 24.0 Å². The van der Waals surface area contributed by atoms with Gasteiger partial charge in [0.2, 0.25) is 3.79 Å². The number of hydrogen-bond donors (Lipinski definition) is 0. The van der Waals surface area contributed by atoms with E-state index in [1.807, 2.05) is 6.07 Å². The van der Waals surface area contributed by atoms with E-state index >= 15 is 0 Å². The first kappa shape index (κ1) is 12.4. The Morgan fingerprint density at radius 3 is 2.50 bits per heavy atom. The van der Waals surface area contributed by atoms with Crippen LogP contribution in [0.4, 0.5) is 0 Å². The number of hydrogen-bond acceptors (Lipinski definition) is 2. The van der Waals surface area contributed by atoms with Crippen molar-refractivity contribution in [3.8, 4) is 0 Å². The van der Waals surface area contributed by atoms with Crippen molar-refractivity contribution in [2.75, 3.05) is 12.0 Å². The lowest BCUT2D eigenvalue weighted by atomic mass is 10.2. The lowest BCUT2D eigenvalue weighted by molar-refractivity contribution is 1.04. The zero-order valence-corrected chi connectivity index (χ0v) is 10.7. The van der Waals surface area contributed by atoms with Crippen molar-refractivity contribution in [3.63, 3.8) is 0 Å². The van der Waals surface area contributed by atoms with Crippen LogP contribution in [0.1, 0.15) is 11.3 Å². The molecule has 0 saturated carbocycles. The third-order valence-corrected chi connectivity index (χ3v) is 2.90. The molecule has 0 N–H and O–H groups in total. The van der Waals surface area contributed by atoms with Gasteiger partial charge in [-0.25, -0.2) is 0 Å². The number of pyridine rings is 1. The smallest absolute Gasteiger partial charge is 0.232 e. The molecule has 0 aliphatic heterocycles. The number of thioether (sulfide) groups is 1. The average Bonchev–Trinajstić information content (AvgIpc) is 2.14. The number of nitrogens with zero attached hydrogens (tertiary/aromatic N) is 1. The summed E-state index contributed by atoms with van der Waals surface area (Å²) in [5, 5.41) is 0. The molecule has 0 bridgehead atoms. The molecule has 1 aromatic rings. The maximum absolute atomic E-state index is 5.68. The minimum atomic E-state index is -1.42. The Morgan fingerprint density at radius 2 is 2.07 bits per heavy atom. The molecule has 0 aliphatic rings. The highest BCUT2D eigenvalue weighted by atomic mass is 35.6. The maximum atomic E-state index is 5.68. The van der Waals surface area contributed by atoms with Crippen molar-refractivity contribution in [1.29, 1.82) is 0 Å². The Morgan fingerprint density at radius 1 is 1.36 bits per heavy atom. The van der Waals surface area contributed by atoms with Crippen molar-refractivity contribution in [1.82, 2.24) is 4.98 Å². The molecule has 5 heteroatoms. The first-order chi connectivity index (χ1) is 6.54. The maximum Gasteiger partial charge on any atom is 0.232 e. The molecule has 0 atom stereocenters. The van der Waals surface area contributed by atoms with Gasteiger partial charge in [-0.1, -0.05) is 40.9 Å². The molecule has 0 amide bonds. The van der Waals surface area contributed by atoms with Crippen molar-refractivity contribution in [2.45, 2.75) is 10.2 Å². The van der Waals surface area contributed by atoms with Crippen LogP contribution in [-0.4, -0.2) is 17.0 Å². The number of alkyl halides is 3. The van der Waals surface area contributed by atoms with Gasteiger partial charge in [0, 0.05) is 6.20 Å². The third-order valence-electron chi connectivity index (χ3n) is 1.71. The molecule has 78 valence electrons. The van der Waals surface area contributed by atoms with E-state index in [0.717, 1.165) is 17.7 Å². The van der Waals surface area contributed by atoms with Crippen LogP contribution in [0.15, 0.2) is 18.3 Å². The molecule has 0 aliphatic carbocycles. The summed E-state index contributed by atoms with van der Waals surface area (Å²) >= 11 is 18.8. The second-order valence-electron chi connectivity index (χ2n) is 2.79. The van der Waals surface area contributed by atoms with E-state index in [9.17, 15) is 0 Å². The normalized spacial score (nSPS) is 11.7. The zero-order valence-electron chi connectivity index (χ0n) is 7.64. The summed E-state index contributed by atoms with van der Waals surface area (Å²) in [5.74, 6) is 1.08. The molecule has 0 unspecified atom stereocenters. The summed E-state index contributed by atoms with van der Waals surface area (Å²) < 4.78 is -1.42. The predicted molar refractivity (Wildman–Crippen MR) is 65.6 cm³/mol. The number of rotatable bonds is 3. The first-order valence-electron chi connectivity index (χ1n) is 4.05. The Labute approximate surface area is 103 Å². The number of aromatic nitrogens is 1. The van der Waals surface area contributed by atoms with Crippen LogP contribution in [0.25, 0.3) is 0 Å². The Hall–Kier alpha value is 0.370. The first-order valence-corrected chi connectivity index (χ1v) is 6.58. The van der Waals surface area contributed by atoms with Gasteiger partial charge in [0.1, 0.15) is 0 Å². The van der Waals surface area contributed by atoms with Crippen LogP contribution in [0.2, 0.25) is 0 Å². The highest BCUT2D eigenvalue weighted by Crippen LogP contribution is 2.36. The second kappa shape index (κ2) is 5.45. The van der Waals surface area contributed by atoms with Gasteiger partial charge in [0.15, 0.2) is 0 Å². The predicted octanol–water partition coefficient (Wildman–Crippen LogP) is 3.81. The summed E-state index contributed by atoms with van der Waals surface area (Å²) in [4.78, 5) is 4.10. The molecular formula is C9H10Cl3NS. The van der Waals surface area contributed by atoms with E-state index in [2.05, 4.69) is 11.2 Å². The highest BCUT2D eigenvalue weighted by Gasteiger charge is 2.23. The second-order valence-corrected chi connectivity index (χ2v) is 6.06. The Kier molecular flexibility index (Phi) is 4.84. The average molecular weight is 271 g/mol. The van der Waals surface area contributed by atoms with Crippen molar-refractivity contribution in [3.05, 3.63) is 29.6 Å². The zero-order chi connectivity index (χ0) is 10.6. The molecule has 0 saturated heterocycles. The molecule has 1 aromatic heterocycles. The van der Waals surface area contributed by atoms with Crippen LogP contribution >= 0.6 is 46.6 Å². The monoisotopic (exact) mass is 269 g/mol. The number of halogens is 3. The molecule has 1 nitrogen and oxygen atoms in total. The number of aryl methyl sites for hydroxylation is 1. The van der Waals surface area contributed by atoms with Crippen LogP contribution in [0, 0.1) is 0 Å². The van der Waals surface area contributed by atoms with E-state index in [-0.39, 0.29) is 0 Å². The van der Waals surface area contributed by atoms with E-state index in [1.165, 1.54) is 0 Å². The summed E-state index contributed by atoms with van der Waals surface area (Å²) in [6.45, 7) is 0. The van der Waals surface area contributed by atoms with Gasteiger partial charge in [-0.3, -0.25) is 4.98 Å². The van der Waals surface area contributed by atoms with Gasteiger partial charge in [-0.2, -0.15) is 11.8 Å². The topological polar surface area (TPSA) is 12.9 Å². The molecule has 0 fully saturated rings. The fourth-order valence-corrected chi connectivity index (χ4v) is 1.74. The lowest BCUT2D eigenvalue weighted by Gasteiger charge is -2.10. The van der Waals surface area contributed by atoms with Gasteiger partial charge in [0.05, 0.1) is 5.69 Å². The summed E-state index contributed by atoms with van der Waals surface area (Å²) in [6, 6.07) is 3.70. The summed E-state index contributed by atoms with van der Waals surface area (Å²) in [7, 11) is 0. The summed E-state index contributed by atoms with van der Waals surface area (Å²) in [5.41, 5.74) is 1.63. The third kappa shape index (κ3) is 3.85. The van der Waals surface area contributed by atoms with Crippen LogP contribution < -0.4 is 0 Å². The molecule has 0 spiro atoms. The molecule has 1 rings (SSSR count). The van der Waals surface area contributed by atoms with Crippen LogP contribution in [0.3, 0.4) is 0 Å². The van der Waals surface area contributed by atoms with Crippen LogP contribution in [0.5, 0.6) is 0 Å². The van der Waals surface area contributed by atoms with E-state index < -0.39 is 3.79 Å². The Balaban J connectivity index is 2.69. The fraction of sp³-hybridized carbons (Fsp3) is 0.444. The van der Waals surface area contributed by atoms with Crippen LogP contribution in [-0.2, 0) is 10.2 Å². The molecule has 1 heterocycles. The standard InChI is InChI=1S/C9H10Cl3NS/c1-14-5-4-7-2-3-8(13-6-7)9(10,11)12/h2-3,6H,4-5H2,1H3. The van der Waals surface area contributed by atoms with Gasteiger partial charge < -0.3 is 0 Å². The molecule has 14 heavy (non-hydrogen) atoms. The minimum Gasteiger partial charge on any atom is -0.256 e. The Bertz CT molecular complexity index is 281. The van der Waals surface area contributed by atoms with Crippen molar-refractivity contribution >= 4 is 46.6 Å². The van der Waals surface area contributed by atoms with Gasteiger partial charge in [-0.05, 0) is 30.1 Å².